The SMILES string of the molecule is CCC(C)C1CN(CC2CCCC(C)C2)C(C)CN1. The summed E-state index contributed by atoms with van der Waals surface area (Å²) < 4.78 is 0. The predicted molar refractivity (Wildman–Crippen MR) is 83.4 cm³/mol. The van der Waals surface area contributed by atoms with Crippen molar-refractivity contribution in [1.29, 1.82) is 0 Å². The largest absolute Gasteiger partial charge is 0.311 e. The molecule has 0 amide bonds. The second-order valence-corrected chi connectivity index (χ2v) is 7.34. The Kier molecular flexibility index (Phi) is 5.70. The molecule has 0 bridgehead atoms. The van der Waals surface area contributed by atoms with E-state index in [1.165, 1.54) is 51.7 Å². The molecule has 2 aliphatic rings. The van der Waals surface area contributed by atoms with Crippen molar-refractivity contribution in [3.05, 3.63) is 0 Å². The molecule has 2 heteroatoms. The molecule has 112 valence electrons. The fraction of sp³-hybridized carbons (Fsp3) is 1.00. The number of piperazine rings is 1. The third-order valence-electron chi connectivity index (χ3n) is 5.60. The Labute approximate surface area is 120 Å². The maximum atomic E-state index is 3.75. The van der Waals surface area contributed by atoms with Gasteiger partial charge in [-0.15, -0.1) is 0 Å². The van der Waals surface area contributed by atoms with Crippen LogP contribution in [0.15, 0.2) is 0 Å². The highest BCUT2D eigenvalue weighted by Gasteiger charge is 2.30. The smallest absolute Gasteiger partial charge is 0.0221 e. The molecule has 2 nitrogen and oxygen atoms in total. The van der Waals surface area contributed by atoms with Gasteiger partial charge < -0.3 is 5.32 Å². The molecule has 1 saturated carbocycles. The number of rotatable bonds is 4. The van der Waals surface area contributed by atoms with Gasteiger partial charge in [-0.1, -0.05) is 40.0 Å². The topological polar surface area (TPSA) is 15.3 Å². The van der Waals surface area contributed by atoms with Crippen LogP contribution in [-0.2, 0) is 0 Å². The lowest BCUT2D eigenvalue weighted by molar-refractivity contribution is 0.0865. The summed E-state index contributed by atoms with van der Waals surface area (Å²) in [5.74, 6) is 2.73. The maximum Gasteiger partial charge on any atom is 0.0221 e. The normalized spacial score (nSPS) is 39.2. The zero-order valence-electron chi connectivity index (χ0n) is 13.5. The highest BCUT2D eigenvalue weighted by atomic mass is 15.2. The van der Waals surface area contributed by atoms with E-state index in [2.05, 4.69) is 37.9 Å². The maximum absolute atomic E-state index is 3.75. The van der Waals surface area contributed by atoms with Crippen LogP contribution in [-0.4, -0.2) is 36.6 Å². The molecule has 0 aromatic rings. The molecule has 1 saturated heterocycles. The monoisotopic (exact) mass is 266 g/mol. The lowest BCUT2D eigenvalue weighted by Crippen LogP contribution is -2.58. The third-order valence-corrected chi connectivity index (χ3v) is 5.60. The molecule has 2 rings (SSSR count). The van der Waals surface area contributed by atoms with Gasteiger partial charge in [0.05, 0.1) is 0 Å². The number of nitrogens with zero attached hydrogens (tertiary/aromatic N) is 1. The molecule has 1 aliphatic heterocycles. The van der Waals surface area contributed by atoms with Crippen molar-refractivity contribution in [2.24, 2.45) is 17.8 Å². The highest BCUT2D eigenvalue weighted by molar-refractivity contribution is 4.88. The average molecular weight is 266 g/mol. The molecule has 19 heavy (non-hydrogen) atoms. The van der Waals surface area contributed by atoms with Crippen molar-refractivity contribution in [1.82, 2.24) is 10.2 Å². The van der Waals surface area contributed by atoms with Crippen LogP contribution in [0.1, 0.15) is 59.8 Å². The minimum absolute atomic E-state index is 0.710. The van der Waals surface area contributed by atoms with Crippen molar-refractivity contribution in [3.8, 4) is 0 Å². The Morgan fingerprint density at radius 2 is 2.05 bits per heavy atom. The fourth-order valence-corrected chi connectivity index (χ4v) is 3.93. The van der Waals surface area contributed by atoms with Gasteiger partial charge in [0.15, 0.2) is 0 Å². The molecule has 1 aliphatic carbocycles. The first-order valence-electron chi connectivity index (χ1n) is 8.57. The van der Waals surface area contributed by atoms with E-state index in [4.69, 9.17) is 0 Å². The van der Waals surface area contributed by atoms with Gasteiger partial charge in [0, 0.05) is 31.7 Å². The van der Waals surface area contributed by atoms with Crippen molar-refractivity contribution in [2.75, 3.05) is 19.6 Å². The molecule has 1 heterocycles. The molecule has 0 aromatic heterocycles. The standard InChI is InChI=1S/C17H34N2/c1-5-14(3)17-12-19(15(4)10-18-17)11-16-8-6-7-13(2)9-16/h13-18H,5-12H2,1-4H3. The molecule has 0 spiro atoms. The minimum atomic E-state index is 0.710. The molecule has 2 fully saturated rings. The van der Waals surface area contributed by atoms with Gasteiger partial charge >= 0.3 is 0 Å². The van der Waals surface area contributed by atoms with Crippen LogP contribution in [0.25, 0.3) is 0 Å². The van der Waals surface area contributed by atoms with Crippen LogP contribution >= 0.6 is 0 Å². The summed E-state index contributed by atoms with van der Waals surface area (Å²) in [6, 6.07) is 1.43. The minimum Gasteiger partial charge on any atom is -0.311 e. The first-order valence-corrected chi connectivity index (χ1v) is 8.57. The van der Waals surface area contributed by atoms with Crippen LogP contribution < -0.4 is 5.32 Å². The Morgan fingerprint density at radius 1 is 1.26 bits per heavy atom. The Morgan fingerprint density at radius 3 is 2.74 bits per heavy atom. The Hall–Kier alpha value is -0.0800. The molecule has 1 N–H and O–H groups in total. The van der Waals surface area contributed by atoms with Gasteiger partial charge in [0.25, 0.3) is 0 Å². The molecular weight excluding hydrogens is 232 g/mol. The number of nitrogens with one attached hydrogen (secondary N) is 1. The number of hydrogen-bond acceptors (Lipinski definition) is 2. The summed E-state index contributed by atoms with van der Waals surface area (Å²) >= 11 is 0. The summed E-state index contributed by atoms with van der Waals surface area (Å²) in [5.41, 5.74) is 0. The molecular formula is C17H34N2. The summed E-state index contributed by atoms with van der Waals surface area (Å²) in [4.78, 5) is 2.77. The molecule has 0 aromatic carbocycles. The van der Waals surface area contributed by atoms with Crippen LogP contribution in [0.2, 0.25) is 0 Å². The van der Waals surface area contributed by atoms with E-state index in [0.717, 1.165) is 23.8 Å². The quantitative estimate of drug-likeness (QED) is 0.837. The van der Waals surface area contributed by atoms with Crippen LogP contribution in [0, 0.1) is 17.8 Å². The Balaban J connectivity index is 1.86. The predicted octanol–water partition coefficient (Wildman–Crippen LogP) is 3.52. The lowest BCUT2D eigenvalue weighted by Gasteiger charge is -2.43. The van der Waals surface area contributed by atoms with E-state index in [1.807, 2.05) is 0 Å². The summed E-state index contributed by atoms with van der Waals surface area (Å²) in [7, 11) is 0. The highest BCUT2D eigenvalue weighted by Crippen LogP contribution is 2.30. The van der Waals surface area contributed by atoms with Crippen molar-refractivity contribution >= 4 is 0 Å². The second-order valence-electron chi connectivity index (χ2n) is 7.34. The van der Waals surface area contributed by atoms with E-state index in [0.29, 0.717) is 6.04 Å². The van der Waals surface area contributed by atoms with Crippen LogP contribution in [0.3, 0.4) is 0 Å². The van der Waals surface area contributed by atoms with Crippen molar-refractivity contribution in [3.63, 3.8) is 0 Å². The van der Waals surface area contributed by atoms with Crippen LogP contribution in [0.4, 0.5) is 0 Å². The third kappa shape index (κ3) is 4.19. The van der Waals surface area contributed by atoms with E-state index in [1.54, 1.807) is 0 Å². The zero-order valence-corrected chi connectivity index (χ0v) is 13.5. The van der Waals surface area contributed by atoms with Gasteiger partial charge in [-0.25, -0.2) is 0 Å². The first-order chi connectivity index (χ1) is 9.10. The van der Waals surface area contributed by atoms with Gasteiger partial charge in [-0.2, -0.15) is 0 Å². The molecule has 5 atom stereocenters. The Bertz CT molecular complexity index is 266. The van der Waals surface area contributed by atoms with Crippen molar-refractivity contribution < 1.29 is 0 Å². The van der Waals surface area contributed by atoms with Crippen LogP contribution in [0.5, 0.6) is 0 Å². The molecule has 5 unspecified atom stereocenters. The van der Waals surface area contributed by atoms with Gasteiger partial charge in [0.2, 0.25) is 0 Å². The lowest BCUT2D eigenvalue weighted by atomic mass is 9.82. The summed E-state index contributed by atoms with van der Waals surface area (Å²) in [5, 5.41) is 3.75. The summed E-state index contributed by atoms with van der Waals surface area (Å²) in [6.07, 6.45) is 7.14. The fourth-order valence-electron chi connectivity index (χ4n) is 3.93. The van der Waals surface area contributed by atoms with E-state index >= 15 is 0 Å². The van der Waals surface area contributed by atoms with E-state index in [9.17, 15) is 0 Å². The second kappa shape index (κ2) is 7.08. The van der Waals surface area contributed by atoms with Crippen molar-refractivity contribution in [2.45, 2.75) is 71.9 Å². The summed E-state index contributed by atoms with van der Waals surface area (Å²) in [6.45, 7) is 13.3. The zero-order chi connectivity index (χ0) is 13.8. The number of hydrogen-bond donors (Lipinski definition) is 1. The average Bonchev–Trinajstić information content (AvgIpc) is 2.40. The van der Waals surface area contributed by atoms with Gasteiger partial charge in [-0.05, 0) is 37.5 Å². The first kappa shape index (κ1) is 15.3. The molecule has 0 radical (unpaired) electrons. The van der Waals surface area contributed by atoms with E-state index < -0.39 is 0 Å². The van der Waals surface area contributed by atoms with Gasteiger partial charge in [-0.3, -0.25) is 4.90 Å². The van der Waals surface area contributed by atoms with E-state index in [-0.39, 0.29) is 0 Å². The van der Waals surface area contributed by atoms with Gasteiger partial charge in [0.1, 0.15) is 0 Å².